The Morgan fingerprint density at radius 2 is 2.20 bits per heavy atom. The first-order valence-corrected chi connectivity index (χ1v) is 4.37. The average Bonchev–Trinajstić information content (AvgIpc) is 2.55. The minimum absolute atomic E-state index is 0.367. The Labute approximate surface area is 82.5 Å². The zero-order chi connectivity index (χ0) is 10.6. The molecular weight excluding hydrogens is 196 g/mol. The second-order valence-corrected chi connectivity index (χ2v) is 3.35. The molecule has 0 aromatic carbocycles. The third-order valence-electron chi connectivity index (χ3n) is 2.42. The lowest BCUT2D eigenvalue weighted by Gasteiger charge is -1.97. The van der Waals surface area contributed by atoms with Gasteiger partial charge in [0.2, 0.25) is 0 Å². The molecule has 0 aliphatic rings. The molecule has 0 bridgehead atoms. The van der Waals surface area contributed by atoms with Crippen LogP contribution in [0.5, 0.6) is 0 Å². The van der Waals surface area contributed by atoms with Gasteiger partial charge in [-0.3, -0.25) is 9.59 Å². The summed E-state index contributed by atoms with van der Waals surface area (Å²) in [4.78, 5) is 29.2. The van der Waals surface area contributed by atoms with Crippen LogP contribution in [-0.2, 0) is 0 Å². The summed E-state index contributed by atoms with van der Waals surface area (Å²) in [7, 11) is 0. The van der Waals surface area contributed by atoms with E-state index in [9.17, 15) is 9.59 Å². The van der Waals surface area contributed by atoms with Crippen LogP contribution in [0.15, 0.2) is 22.0 Å². The van der Waals surface area contributed by atoms with Gasteiger partial charge in [-0.2, -0.15) is 5.10 Å². The second kappa shape index (κ2) is 2.41. The normalized spacial score (nSPS) is 11.5. The van der Waals surface area contributed by atoms with E-state index < -0.39 is 11.0 Å². The molecule has 3 aromatic heterocycles. The monoisotopic (exact) mass is 202 g/mol. The van der Waals surface area contributed by atoms with Crippen molar-refractivity contribution in [1.29, 1.82) is 0 Å². The van der Waals surface area contributed by atoms with Crippen molar-refractivity contribution in [2.24, 2.45) is 0 Å². The molecule has 15 heavy (non-hydrogen) atoms. The van der Waals surface area contributed by atoms with Crippen molar-refractivity contribution in [2.45, 2.75) is 6.92 Å². The molecule has 0 aliphatic carbocycles. The van der Waals surface area contributed by atoms with Gasteiger partial charge >= 0.3 is 0 Å². The van der Waals surface area contributed by atoms with Crippen LogP contribution in [-0.4, -0.2) is 19.6 Å². The fraction of sp³-hybridized carbons (Fsp3) is 0.111. The number of rotatable bonds is 0. The van der Waals surface area contributed by atoms with Gasteiger partial charge in [0.25, 0.3) is 11.0 Å². The zero-order valence-electron chi connectivity index (χ0n) is 7.81. The van der Waals surface area contributed by atoms with Crippen LogP contribution in [0.2, 0.25) is 0 Å². The molecule has 0 atom stereocenters. The maximum Gasteiger partial charge on any atom is 0.298 e. The van der Waals surface area contributed by atoms with Crippen molar-refractivity contribution < 1.29 is 0 Å². The lowest BCUT2D eigenvalue weighted by Crippen LogP contribution is -2.26. The van der Waals surface area contributed by atoms with Crippen molar-refractivity contribution in [3.63, 3.8) is 0 Å². The van der Waals surface area contributed by atoms with Crippen molar-refractivity contribution in [3.8, 4) is 0 Å². The smallest absolute Gasteiger partial charge is 0.298 e. The van der Waals surface area contributed by atoms with Gasteiger partial charge in [-0.1, -0.05) is 0 Å². The van der Waals surface area contributed by atoms with Crippen molar-refractivity contribution in [3.05, 3.63) is 38.7 Å². The van der Waals surface area contributed by atoms with Gasteiger partial charge < -0.3 is 4.98 Å². The Morgan fingerprint density at radius 1 is 1.40 bits per heavy atom. The maximum atomic E-state index is 11.5. The zero-order valence-corrected chi connectivity index (χ0v) is 7.81. The summed E-state index contributed by atoms with van der Waals surface area (Å²) in [6.45, 7) is 1.82. The van der Waals surface area contributed by atoms with Crippen LogP contribution in [0.1, 0.15) is 5.69 Å². The van der Waals surface area contributed by atoms with Crippen LogP contribution in [0.4, 0.5) is 0 Å². The van der Waals surface area contributed by atoms with Gasteiger partial charge in [-0.25, -0.2) is 9.50 Å². The number of hydrogen-bond acceptors (Lipinski definition) is 4. The summed E-state index contributed by atoms with van der Waals surface area (Å²) >= 11 is 0. The van der Waals surface area contributed by atoms with E-state index in [4.69, 9.17) is 0 Å². The van der Waals surface area contributed by atoms with Gasteiger partial charge in [0.1, 0.15) is 11.8 Å². The molecule has 0 saturated heterocycles. The molecule has 1 N–H and O–H groups in total. The predicted octanol–water partition coefficient (Wildman–Crippen LogP) is -0.323. The van der Waals surface area contributed by atoms with Gasteiger partial charge in [0.15, 0.2) is 5.65 Å². The molecule has 0 saturated carbocycles. The first-order chi connectivity index (χ1) is 7.18. The summed E-state index contributed by atoms with van der Waals surface area (Å²) in [5.74, 6) is 0. The molecule has 0 fully saturated rings. The highest BCUT2D eigenvalue weighted by Gasteiger charge is 2.13. The standard InChI is InChI=1S/C9H6N4O2/c1-4-2-5-6-8(10-3-11-13(4)6)12-9(15)7(5)14/h2-3H,1H3,(H,10,11,12,15). The van der Waals surface area contributed by atoms with E-state index in [0.29, 0.717) is 16.6 Å². The molecule has 3 rings (SSSR count). The largest absolute Gasteiger partial charge is 0.302 e. The van der Waals surface area contributed by atoms with E-state index in [0.717, 1.165) is 5.69 Å². The number of aromatic nitrogens is 4. The molecule has 74 valence electrons. The van der Waals surface area contributed by atoms with E-state index in [2.05, 4.69) is 15.1 Å². The minimum atomic E-state index is -0.645. The number of aromatic amines is 1. The van der Waals surface area contributed by atoms with Gasteiger partial charge in [0, 0.05) is 5.69 Å². The number of hydrogen-bond donors (Lipinski definition) is 1. The summed E-state index contributed by atoms with van der Waals surface area (Å²) in [5, 5.41) is 4.37. The molecule has 3 aromatic rings. The average molecular weight is 202 g/mol. The molecule has 0 unspecified atom stereocenters. The lowest BCUT2D eigenvalue weighted by molar-refractivity contribution is 0.876. The highest BCUT2D eigenvalue weighted by molar-refractivity contribution is 5.91. The topological polar surface area (TPSA) is 80.1 Å². The molecule has 0 radical (unpaired) electrons. The molecule has 0 spiro atoms. The minimum Gasteiger partial charge on any atom is -0.302 e. The number of nitrogens with one attached hydrogen (secondary N) is 1. The third-order valence-corrected chi connectivity index (χ3v) is 2.42. The van der Waals surface area contributed by atoms with Gasteiger partial charge in [0.05, 0.1) is 5.39 Å². The first-order valence-electron chi connectivity index (χ1n) is 4.37. The fourth-order valence-corrected chi connectivity index (χ4v) is 1.75. The van der Waals surface area contributed by atoms with E-state index in [-0.39, 0.29) is 0 Å². The number of nitrogens with zero attached hydrogens (tertiary/aromatic N) is 3. The van der Waals surface area contributed by atoms with Crippen molar-refractivity contribution in [1.82, 2.24) is 19.6 Å². The number of pyridine rings is 1. The van der Waals surface area contributed by atoms with Crippen LogP contribution >= 0.6 is 0 Å². The van der Waals surface area contributed by atoms with Crippen LogP contribution in [0.3, 0.4) is 0 Å². The van der Waals surface area contributed by atoms with Crippen LogP contribution < -0.4 is 11.0 Å². The molecule has 6 nitrogen and oxygen atoms in total. The Hall–Kier alpha value is -2.24. The SMILES string of the molecule is Cc1cc2c(=O)c(=O)[nH]c3ncnn1c32. The van der Waals surface area contributed by atoms with E-state index >= 15 is 0 Å². The fourth-order valence-electron chi connectivity index (χ4n) is 1.75. The third kappa shape index (κ3) is 0.876. The highest BCUT2D eigenvalue weighted by atomic mass is 16.2. The van der Waals surface area contributed by atoms with Crippen LogP contribution in [0, 0.1) is 6.92 Å². The predicted molar refractivity (Wildman–Crippen MR) is 53.3 cm³/mol. The lowest BCUT2D eigenvalue weighted by atomic mass is 10.3. The van der Waals surface area contributed by atoms with E-state index in [1.807, 2.05) is 6.92 Å². The summed E-state index contributed by atoms with van der Waals surface area (Å²) in [6.07, 6.45) is 1.34. The highest BCUT2D eigenvalue weighted by Crippen LogP contribution is 2.15. The first kappa shape index (κ1) is 8.10. The van der Waals surface area contributed by atoms with Crippen LogP contribution in [0.25, 0.3) is 16.6 Å². The summed E-state index contributed by atoms with van der Waals surface area (Å²) in [6, 6.07) is 1.65. The molecule has 0 aliphatic heterocycles. The Balaban J connectivity index is 2.84. The van der Waals surface area contributed by atoms with E-state index in [1.54, 1.807) is 10.6 Å². The molecule has 6 heteroatoms. The Kier molecular flexibility index (Phi) is 1.30. The molecule has 3 heterocycles. The quantitative estimate of drug-likeness (QED) is 0.506. The van der Waals surface area contributed by atoms with Gasteiger partial charge in [-0.15, -0.1) is 0 Å². The second-order valence-electron chi connectivity index (χ2n) is 3.35. The van der Waals surface area contributed by atoms with Crippen molar-refractivity contribution in [2.75, 3.05) is 0 Å². The summed E-state index contributed by atoms with van der Waals surface area (Å²) in [5.41, 5.74) is 0.572. The Morgan fingerprint density at radius 3 is 3.00 bits per heavy atom. The van der Waals surface area contributed by atoms with E-state index in [1.165, 1.54) is 6.33 Å². The van der Waals surface area contributed by atoms with Crippen molar-refractivity contribution >= 4 is 16.6 Å². The Bertz CT molecular complexity index is 771. The van der Waals surface area contributed by atoms with Gasteiger partial charge in [-0.05, 0) is 13.0 Å². The molecule has 0 amide bonds. The molecular formula is C9H6N4O2. The summed E-state index contributed by atoms with van der Waals surface area (Å²) < 4.78 is 1.59. The maximum absolute atomic E-state index is 11.5. The number of aryl methyl sites for hydroxylation is 1. The number of H-pyrrole nitrogens is 1.